The van der Waals surface area contributed by atoms with Crippen LogP contribution in [0.3, 0.4) is 0 Å². The first-order chi connectivity index (χ1) is 16.4. The van der Waals surface area contributed by atoms with Crippen LogP contribution >= 0.6 is 0 Å². The molecule has 3 aromatic heterocycles. The molecule has 1 N–H and O–H groups in total. The summed E-state index contributed by atoms with van der Waals surface area (Å²) in [5.41, 5.74) is 7.05. The molecule has 0 unspecified atom stereocenters. The lowest BCUT2D eigenvalue weighted by Gasteiger charge is -2.37. The molecule has 0 radical (unpaired) electrons. The number of aromatic nitrogens is 4. The Balaban J connectivity index is 1.73. The molecule has 8 heteroatoms. The molecule has 8 nitrogen and oxygen atoms in total. The number of hydrogen-bond acceptors (Lipinski definition) is 6. The zero-order chi connectivity index (χ0) is 24.0. The highest BCUT2D eigenvalue weighted by Crippen LogP contribution is 2.41. The van der Waals surface area contributed by atoms with Crippen molar-refractivity contribution in [2.45, 2.75) is 6.92 Å². The van der Waals surface area contributed by atoms with Crippen LogP contribution in [0.15, 0.2) is 47.7 Å². The molecule has 0 bridgehead atoms. The highest BCUT2D eigenvalue weighted by Gasteiger charge is 2.25. The molecule has 0 amide bonds. The number of aliphatic hydroxyl groups excluding tert-OH is 1. The van der Waals surface area contributed by atoms with Crippen LogP contribution in [0.2, 0.25) is 0 Å². The summed E-state index contributed by atoms with van der Waals surface area (Å²) in [6.07, 6.45) is 5.67. The smallest absolute Gasteiger partial charge is 0.253 e. The van der Waals surface area contributed by atoms with Crippen LogP contribution in [-0.4, -0.2) is 51.2 Å². The van der Waals surface area contributed by atoms with E-state index in [4.69, 9.17) is 4.98 Å². The van der Waals surface area contributed by atoms with E-state index in [1.807, 2.05) is 50.8 Å². The number of likely N-dealkylation sites (N-methyl/N-ethyl adjacent to an activating group) is 1. The van der Waals surface area contributed by atoms with Gasteiger partial charge in [0, 0.05) is 62.5 Å². The molecule has 4 heterocycles. The molecule has 0 spiro atoms. The number of anilines is 3. The second-order valence-electron chi connectivity index (χ2n) is 8.61. The fourth-order valence-corrected chi connectivity index (χ4v) is 4.54. The van der Waals surface area contributed by atoms with Crippen molar-refractivity contribution in [2.24, 2.45) is 14.1 Å². The van der Waals surface area contributed by atoms with Crippen LogP contribution in [-0.2, 0) is 14.1 Å². The zero-order valence-corrected chi connectivity index (χ0v) is 19.7. The third kappa shape index (κ3) is 3.60. The summed E-state index contributed by atoms with van der Waals surface area (Å²) < 4.78 is 3.43. The van der Waals surface area contributed by atoms with E-state index < -0.39 is 0 Å². The number of aliphatic hydroxyl groups is 1. The van der Waals surface area contributed by atoms with E-state index in [0.717, 1.165) is 57.9 Å². The summed E-state index contributed by atoms with van der Waals surface area (Å²) in [4.78, 5) is 21.9. The highest BCUT2D eigenvalue weighted by atomic mass is 16.2. The predicted octanol–water partition coefficient (Wildman–Crippen LogP) is 2.57. The Morgan fingerprint density at radius 2 is 1.85 bits per heavy atom. The summed E-state index contributed by atoms with van der Waals surface area (Å²) in [7, 11) is 5.76. The molecule has 0 saturated heterocycles. The Hall–Kier alpha value is -4.09. The largest absolute Gasteiger partial charge is 0.384 e. The molecule has 0 atom stereocenters. The van der Waals surface area contributed by atoms with Crippen molar-refractivity contribution in [3.63, 3.8) is 0 Å². The molecule has 172 valence electrons. The fraction of sp³-hybridized carbons (Fsp3) is 0.269. The van der Waals surface area contributed by atoms with Gasteiger partial charge in [0.1, 0.15) is 6.61 Å². The summed E-state index contributed by atoms with van der Waals surface area (Å²) in [6, 6.07) is 7.98. The number of nitrogens with zero attached hydrogens (tertiary/aromatic N) is 6. The van der Waals surface area contributed by atoms with Gasteiger partial charge in [-0.25, -0.2) is 0 Å². The van der Waals surface area contributed by atoms with E-state index in [0.29, 0.717) is 5.56 Å². The highest BCUT2D eigenvalue weighted by molar-refractivity contribution is 5.98. The quantitative estimate of drug-likeness (QED) is 0.469. The van der Waals surface area contributed by atoms with E-state index in [9.17, 15) is 9.90 Å². The summed E-state index contributed by atoms with van der Waals surface area (Å²) in [5, 5.41) is 14.5. The average molecular weight is 455 g/mol. The van der Waals surface area contributed by atoms with Crippen LogP contribution in [0.1, 0.15) is 11.1 Å². The van der Waals surface area contributed by atoms with Crippen LogP contribution in [0, 0.1) is 18.8 Å². The van der Waals surface area contributed by atoms with Gasteiger partial charge in [0.25, 0.3) is 5.56 Å². The lowest BCUT2D eigenvalue weighted by atomic mass is 10.0. The topological polar surface area (TPSA) is 79.4 Å². The van der Waals surface area contributed by atoms with Crippen LogP contribution < -0.4 is 15.4 Å². The maximum absolute atomic E-state index is 12.7. The first kappa shape index (κ1) is 21.7. The van der Waals surface area contributed by atoms with Crippen LogP contribution in [0.25, 0.3) is 22.2 Å². The van der Waals surface area contributed by atoms with Crippen LogP contribution in [0.4, 0.5) is 17.1 Å². The molecule has 1 aliphatic rings. The van der Waals surface area contributed by atoms with Crippen molar-refractivity contribution in [1.82, 2.24) is 19.3 Å². The van der Waals surface area contributed by atoms with Gasteiger partial charge in [0.05, 0.1) is 40.7 Å². The Bertz CT molecular complexity index is 1540. The Morgan fingerprint density at radius 3 is 2.59 bits per heavy atom. The van der Waals surface area contributed by atoms with Gasteiger partial charge in [-0.2, -0.15) is 5.10 Å². The lowest BCUT2D eigenvalue weighted by molar-refractivity contribution is 0.350. The van der Waals surface area contributed by atoms with Gasteiger partial charge in [-0.3, -0.25) is 14.5 Å². The number of hydrogen-bond donors (Lipinski definition) is 1. The van der Waals surface area contributed by atoms with Crippen molar-refractivity contribution < 1.29 is 5.11 Å². The summed E-state index contributed by atoms with van der Waals surface area (Å²) >= 11 is 0. The third-order valence-electron chi connectivity index (χ3n) is 6.33. The molecule has 0 fully saturated rings. The van der Waals surface area contributed by atoms with Gasteiger partial charge in [0.2, 0.25) is 0 Å². The van der Waals surface area contributed by atoms with E-state index in [-0.39, 0.29) is 12.2 Å². The van der Waals surface area contributed by atoms with Crippen molar-refractivity contribution in [3.8, 4) is 23.1 Å². The van der Waals surface area contributed by atoms with E-state index in [1.54, 1.807) is 16.3 Å². The van der Waals surface area contributed by atoms with Gasteiger partial charge in [0.15, 0.2) is 0 Å². The lowest BCUT2D eigenvalue weighted by Crippen LogP contribution is -2.37. The number of pyridine rings is 2. The van der Waals surface area contributed by atoms with Gasteiger partial charge in [-0.15, -0.1) is 0 Å². The van der Waals surface area contributed by atoms with Crippen molar-refractivity contribution in [3.05, 3.63) is 64.3 Å². The Morgan fingerprint density at radius 1 is 1.03 bits per heavy atom. The fourth-order valence-electron chi connectivity index (χ4n) is 4.54. The Labute approximate surface area is 197 Å². The number of benzene rings is 1. The van der Waals surface area contributed by atoms with Gasteiger partial charge in [-0.05, 0) is 31.2 Å². The molecule has 1 aromatic carbocycles. The minimum absolute atomic E-state index is 0.0349. The van der Waals surface area contributed by atoms with Gasteiger partial charge in [-0.1, -0.05) is 11.8 Å². The van der Waals surface area contributed by atoms with Gasteiger partial charge >= 0.3 is 0 Å². The first-order valence-electron chi connectivity index (χ1n) is 11.1. The van der Waals surface area contributed by atoms with Crippen molar-refractivity contribution in [2.75, 3.05) is 36.5 Å². The molecular formula is C26H26N6O2. The molecule has 34 heavy (non-hydrogen) atoms. The molecule has 1 aliphatic heterocycles. The maximum atomic E-state index is 12.7. The number of aryl methyl sites for hydroxylation is 3. The molecular weight excluding hydrogens is 428 g/mol. The van der Waals surface area contributed by atoms with Gasteiger partial charge < -0.3 is 19.5 Å². The second-order valence-corrected chi connectivity index (χ2v) is 8.61. The number of fused-ring (bicyclic) bond motifs is 2. The third-order valence-corrected chi connectivity index (χ3v) is 6.33. The minimum Gasteiger partial charge on any atom is -0.384 e. The number of rotatable bonds is 2. The van der Waals surface area contributed by atoms with Crippen molar-refractivity contribution in [1.29, 1.82) is 0 Å². The molecule has 5 rings (SSSR count). The average Bonchev–Trinajstić information content (AvgIpc) is 3.28. The molecule has 4 aromatic rings. The monoisotopic (exact) mass is 454 g/mol. The molecule has 0 aliphatic carbocycles. The van der Waals surface area contributed by atoms with E-state index in [1.165, 1.54) is 0 Å². The standard InChI is InChI=1S/C26H26N6O2/c1-17-10-20-22(31(4)26(17)34)11-18(6-5-9-33)12-23(20)32-8-7-29(2)24-13-21(27-15-25(24)32)19-14-28-30(3)16-19/h10-16,33H,7-9H2,1-4H3. The maximum Gasteiger partial charge on any atom is 0.253 e. The van der Waals surface area contributed by atoms with Crippen LogP contribution in [0.5, 0.6) is 0 Å². The van der Waals surface area contributed by atoms with E-state index >= 15 is 0 Å². The van der Waals surface area contributed by atoms with E-state index in [2.05, 4.69) is 39.9 Å². The predicted molar refractivity (Wildman–Crippen MR) is 135 cm³/mol. The normalized spacial score (nSPS) is 13.1. The summed E-state index contributed by atoms with van der Waals surface area (Å²) in [6.45, 7) is 3.19. The minimum atomic E-state index is -0.224. The SMILES string of the molecule is Cc1cc2c(N3CCN(C)c4cc(-c5cnn(C)c5)ncc43)cc(C#CCO)cc2n(C)c1=O. The summed E-state index contributed by atoms with van der Waals surface area (Å²) in [5.74, 6) is 5.75. The second kappa shape index (κ2) is 8.36. The first-order valence-corrected chi connectivity index (χ1v) is 11.1. The zero-order valence-electron chi connectivity index (χ0n) is 19.7. The Kier molecular flexibility index (Phi) is 5.34. The molecule has 0 saturated carbocycles. The van der Waals surface area contributed by atoms with Crippen molar-refractivity contribution >= 4 is 28.0 Å².